The maximum absolute atomic E-state index is 5.70. The van der Waals surface area contributed by atoms with Gasteiger partial charge in [-0.25, -0.2) is 0 Å². The van der Waals surface area contributed by atoms with Gasteiger partial charge in [0.05, 0.1) is 6.61 Å². The summed E-state index contributed by atoms with van der Waals surface area (Å²) in [6.07, 6.45) is 5.72. The first-order valence-electron chi connectivity index (χ1n) is 6.87. The lowest BCUT2D eigenvalue weighted by Crippen LogP contribution is -2.28. The van der Waals surface area contributed by atoms with E-state index in [1.807, 2.05) is 24.5 Å². The summed E-state index contributed by atoms with van der Waals surface area (Å²) < 4.78 is 6.80. The molecule has 0 amide bonds. The second-order valence-corrected chi connectivity index (χ2v) is 5.85. The number of pyridine rings is 1. The van der Waals surface area contributed by atoms with Crippen molar-refractivity contribution in [2.45, 2.75) is 18.9 Å². The summed E-state index contributed by atoms with van der Waals surface area (Å²) >= 11 is 3.53. The van der Waals surface area contributed by atoms with E-state index in [4.69, 9.17) is 4.74 Å². The maximum atomic E-state index is 5.70. The van der Waals surface area contributed by atoms with Gasteiger partial charge in [0.2, 0.25) is 0 Å². The third-order valence-electron chi connectivity index (χ3n) is 3.57. The molecule has 0 aliphatic carbocycles. The number of nitrogens with zero attached hydrogens (tertiary/aromatic N) is 1. The summed E-state index contributed by atoms with van der Waals surface area (Å²) in [7, 11) is 0. The Hall–Kier alpha value is -1.39. The highest BCUT2D eigenvalue weighted by Gasteiger charge is 2.20. The summed E-state index contributed by atoms with van der Waals surface area (Å²) in [6, 6.07) is 10.7. The van der Waals surface area contributed by atoms with Gasteiger partial charge >= 0.3 is 0 Å². The van der Waals surface area contributed by atoms with Crippen molar-refractivity contribution in [1.82, 2.24) is 10.3 Å². The number of ether oxygens (including phenoxy) is 1. The summed E-state index contributed by atoms with van der Waals surface area (Å²) in [5, 5.41) is 3.63. The van der Waals surface area contributed by atoms with Crippen molar-refractivity contribution >= 4 is 15.9 Å². The van der Waals surface area contributed by atoms with Crippen LogP contribution in [0.4, 0.5) is 0 Å². The average molecular weight is 333 g/mol. The molecule has 1 unspecified atom stereocenters. The molecule has 1 atom stereocenters. The predicted molar refractivity (Wildman–Crippen MR) is 82.9 cm³/mol. The van der Waals surface area contributed by atoms with Crippen molar-refractivity contribution in [1.29, 1.82) is 0 Å². The number of hydrogen-bond acceptors (Lipinski definition) is 3. The predicted octanol–water partition coefficient (Wildman–Crippen LogP) is 3.50. The van der Waals surface area contributed by atoms with Gasteiger partial charge in [-0.15, -0.1) is 0 Å². The van der Waals surface area contributed by atoms with Crippen LogP contribution in [0.3, 0.4) is 0 Å². The fourth-order valence-electron chi connectivity index (χ4n) is 2.52. The quantitative estimate of drug-likeness (QED) is 0.930. The standard InChI is InChI=1S/C16H17BrN2O/c17-13-1-2-16-14(11-13)15(6-10-20-16)19-9-5-12-3-7-18-8-4-12/h1-4,7-8,11,15,19H,5-6,9-10H2. The van der Waals surface area contributed by atoms with Crippen LogP contribution in [-0.2, 0) is 6.42 Å². The van der Waals surface area contributed by atoms with E-state index in [9.17, 15) is 0 Å². The summed E-state index contributed by atoms with van der Waals surface area (Å²) in [5.74, 6) is 1.00. The van der Waals surface area contributed by atoms with Gasteiger partial charge in [0.25, 0.3) is 0 Å². The molecule has 0 spiro atoms. The van der Waals surface area contributed by atoms with E-state index >= 15 is 0 Å². The summed E-state index contributed by atoms with van der Waals surface area (Å²) in [4.78, 5) is 4.04. The average Bonchev–Trinajstić information content (AvgIpc) is 2.49. The van der Waals surface area contributed by atoms with Crippen LogP contribution in [-0.4, -0.2) is 18.1 Å². The highest BCUT2D eigenvalue weighted by Crippen LogP contribution is 2.33. The van der Waals surface area contributed by atoms with Gasteiger partial charge in [0.15, 0.2) is 0 Å². The maximum Gasteiger partial charge on any atom is 0.124 e. The lowest BCUT2D eigenvalue weighted by Gasteiger charge is -2.27. The van der Waals surface area contributed by atoms with E-state index in [0.717, 1.165) is 36.2 Å². The van der Waals surface area contributed by atoms with E-state index in [1.54, 1.807) is 0 Å². The van der Waals surface area contributed by atoms with Crippen molar-refractivity contribution in [2.24, 2.45) is 0 Å². The fourth-order valence-corrected chi connectivity index (χ4v) is 2.90. The number of halogens is 1. The van der Waals surface area contributed by atoms with Crippen molar-refractivity contribution in [2.75, 3.05) is 13.2 Å². The number of fused-ring (bicyclic) bond motifs is 1. The molecule has 1 aromatic carbocycles. The molecule has 0 fully saturated rings. The number of rotatable bonds is 4. The van der Waals surface area contributed by atoms with Crippen LogP contribution in [0.1, 0.15) is 23.6 Å². The van der Waals surface area contributed by atoms with Crippen LogP contribution in [0, 0.1) is 0 Å². The van der Waals surface area contributed by atoms with Gasteiger partial charge in [-0.05, 0) is 48.9 Å². The summed E-state index contributed by atoms with van der Waals surface area (Å²) in [5.41, 5.74) is 2.56. The first kappa shape index (κ1) is 13.6. The van der Waals surface area contributed by atoms with Crippen molar-refractivity contribution in [3.63, 3.8) is 0 Å². The Kier molecular flexibility index (Phi) is 4.33. The zero-order chi connectivity index (χ0) is 13.8. The Bertz CT molecular complexity index is 574. The van der Waals surface area contributed by atoms with Crippen LogP contribution in [0.2, 0.25) is 0 Å². The molecule has 1 aliphatic heterocycles. The van der Waals surface area contributed by atoms with Gasteiger partial charge in [-0.2, -0.15) is 0 Å². The Morgan fingerprint density at radius 3 is 2.95 bits per heavy atom. The molecular weight excluding hydrogens is 316 g/mol. The van der Waals surface area contributed by atoms with Crippen LogP contribution >= 0.6 is 15.9 Å². The molecule has 1 aliphatic rings. The molecule has 0 bridgehead atoms. The normalized spacial score (nSPS) is 17.4. The van der Waals surface area contributed by atoms with Gasteiger partial charge in [-0.3, -0.25) is 4.98 Å². The number of hydrogen-bond donors (Lipinski definition) is 1. The zero-order valence-corrected chi connectivity index (χ0v) is 12.8. The Morgan fingerprint density at radius 2 is 2.10 bits per heavy atom. The van der Waals surface area contributed by atoms with Gasteiger partial charge in [0, 0.05) is 34.9 Å². The van der Waals surface area contributed by atoms with Crippen molar-refractivity contribution < 1.29 is 4.74 Å². The number of benzene rings is 1. The molecule has 2 heterocycles. The Morgan fingerprint density at radius 1 is 1.25 bits per heavy atom. The Labute approximate surface area is 127 Å². The van der Waals surface area contributed by atoms with Crippen molar-refractivity contribution in [3.05, 3.63) is 58.3 Å². The molecule has 0 saturated heterocycles. The first-order valence-corrected chi connectivity index (χ1v) is 7.67. The minimum atomic E-state index is 0.373. The molecule has 20 heavy (non-hydrogen) atoms. The first-order chi connectivity index (χ1) is 9.83. The molecule has 0 saturated carbocycles. The molecule has 104 valence electrons. The molecule has 1 N–H and O–H groups in total. The monoisotopic (exact) mass is 332 g/mol. The third kappa shape index (κ3) is 3.19. The minimum absolute atomic E-state index is 0.373. The fraction of sp³-hybridized carbons (Fsp3) is 0.312. The van der Waals surface area contributed by atoms with Crippen LogP contribution in [0.5, 0.6) is 5.75 Å². The number of aromatic nitrogens is 1. The van der Waals surface area contributed by atoms with Gasteiger partial charge < -0.3 is 10.1 Å². The van der Waals surface area contributed by atoms with Crippen LogP contribution in [0.15, 0.2) is 47.2 Å². The van der Waals surface area contributed by atoms with Crippen LogP contribution in [0.25, 0.3) is 0 Å². The molecule has 1 aromatic heterocycles. The second kappa shape index (κ2) is 6.37. The molecule has 2 aromatic rings. The summed E-state index contributed by atoms with van der Waals surface area (Å²) in [6.45, 7) is 1.74. The smallest absolute Gasteiger partial charge is 0.124 e. The zero-order valence-electron chi connectivity index (χ0n) is 11.2. The van der Waals surface area contributed by atoms with E-state index in [1.165, 1.54) is 11.1 Å². The van der Waals surface area contributed by atoms with Crippen LogP contribution < -0.4 is 10.1 Å². The van der Waals surface area contributed by atoms with E-state index in [2.05, 4.69) is 44.4 Å². The van der Waals surface area contributed by atoms with Gasteiger partial charge in [-0.1, -0.05) is 15.9 Å². The minimum Gasteiger partial charge on any atom is -0.493 e. The third-order valence-corrected chi connectivity index (χ3v) is 4.06. The van der Waals surface area contributed by atoms with E-state index < -0.39 is 0 Å². The topological polar surface area (TPSA) is 34.2 Å². The molecule has 4 heteroatoms. The molecular formula is C16H17BrN2O. The van der Waals surface area contributed by atoms with Crippen molar-refractivity contribution in [3.8, 4) is 5.75 Å². The second-order valence-electron chi connectivity index (χ2n) is 4.93. The van der Waals surface area contributed by atoms with Gasteiger partial charge in [0.1, 0.15) is 5.75 Å². The SMILES string of the molecule is Brc1ccc2c(c1)C(NCCc1ccncc1)CCO2. The Balaban J connectivity index is 1.63. The molecule has 3 rings (SSSR count). The lowest BCUT2D eigenvalue weighted by atomic mass is 10.0. The number of nitrogens with one attached hydrogen (secondary N) is 1. The van der Waals surface area contributed by atoms with E-state index in [-0.39, 0.29) is 0 Å². The highest BCUT2D eigenvalue weighted by atomic mass is 79.9. The lowest BCUT2D eigenvalue weighted by molar-refractivity contribution is 0.253. The highest BCUT2D eigenvalue weighted by molar-refractivity contribution is 9.10. The molecule has 3 nitrogen and oxygen atoms in total. The largest absolute Gasteiger partial charge is 0.493 e. The molecule has 0 radical (unpaired) electrons. The van der Waals surface area contributed by atoms with E-state index in [0.29, 0.717) is 6.04 Å².